The monoisotopic (exact) mass is 412 g/mol. The quantitative estimate of drug-likeness (QED) is 0.431. The first-order chi connectivity index (χ1) is 15.1. The molecule has 0 aliphatic rings. The van der Waals surface area contributed by atoms with E-state index in [0.717, 1.165) is 28.2 Å². The normalized spacial score (nSPS) is 11.8. The van der Waals surface area contributed by atoms with Crippen LogP contribution in [0.1, 0.15) is 21.6 Å². The van der Waals surface area contributed by atoms with Crippen LogP contribution in [0, 0.1) is 6.92 Å². The van der Waals surface area contributed by atoms with E-state index < -0.39 is 6.04 Å². The number of benzene rings is 2. The summed E-state index contributed by atoms with van der Waals surface area (Å²) >= 11 is 0. The highest BCUT2D eigenvalue weighted by molar-refractivity contribution is 6.00. The molecule has 0 unspecified atom stereocenters. The molecule has 0 bridgehead atoms. The van der Waals surface area contributed by atoms with E-state index in [1.54, 1.807) is 12.3 Å². The molecule has 3 N–H and O–H groups in total. The molecule has 0 fully saturated rings. The molecule has 0 aliphatic carbocycles. The summed E-state index contributed by atoms with van der Waals surface area (Å²) in [6.45, 7) is 1.87. The molecule has 1 atom stereocenters. The van der Waals surface area contributed by atoms with Crippen molar-refractivity contribution in [1.82, 2.24) is 20.5 Å². The minimum absolute atomic E-state index is 0.174. The first kappa shape index (κ1) is 20.5. The lowest BCUT2D eigenvalue weighted by Crippen LogP contribution is -2.39. The molecule has 0 aliphatic heterocycles. The summed E-state index contributed by atoms with van der Waals surface area (Å²) in [5.41, 5.74) is 5.84. The molecule has 0 saturated heterocycles. The van der Waals surface area contributed by atoms with E-state index in [9.17, 15) is 9.90 Å². The number of carbonyl (C=O) groups excluding carboxylic acids is 1. The summed E-state index contributed by atoms with van der Waals surface area (Å²) in [7, 11) is 0. The Bertz CT molecular complexity index is 1150. The minimum atomic E-state index is -0.430. The number of pyridine rings is 1. The Morgan fingerprint density at radius 2 is 1.84 bits per heavy atom. The topological polar surface area (TPSA) is 90.9 Å². The number of hydrogen-bond donors (Lipinski definition) is 3. The van der Waals surface area contributed by atoms with Crippen molar-refractivity contribution in [3.8, 4) is 22.5 Å². The number of nitrogens with zero attached hydrogens (tertiary/aromatic N) is 2. The predicted octanol–water partition coefficient (Wildman–Crippen LogP) is 3.78. The van der Waals surface area contributed by atoms with Gasteiger partial charge in [-0.1, -0.05) is 54.1 Å². The number of aromatic nitrogens is 3. The van der Waals surface area contributed by atoms with Gasteiger partial charge in [-0.3, -0.25) is 14.9 Å². The third-order valence-electron chi connectivity index (χ3n) is 5.12. The molecule has 0 saturated carbocycles. The number of hydrogen-bond acceptors (Lipinski definition) is 4. The number of nitrogens with one attached hydrogen (secondary N) is 2. The van der Waals surface area contributed by atoms with Gasteiger partial charge in [-0.2, -0.15) is 5.10 Å². The van der Waals surface area contributed by atoms with Crippen molar-refractivity contribution in [2.45, 2.75) is 19.4 Å². The molecule has 2 aromatic heterocycles. The number of aliphatic hydroxyl groups is 1. The Morgan fingerprint density at radius 3 is 2.58 bits per heavy atom. The second-order valence-electron chi connectivity index (χ2n) is 7.46. The summed E-state index contributed by atoms with van der Waals surface area (Å²) in [5, 5.41) is 20.2. The number of aryl methyl sites for hydroxylation is 1. The minimum Gasteiger partial charge on any atom is -0.394 e. The van der Waals surface area contributed by atoms with Gasteiger partial charge in [0.2, 0.25) is 0 Å². The van der Waals surface area contributed by atoms with Crippen LogP contribution in [0.2, 0.25) is 0 Å². The van der Waals surface area contributed by atoms with Crippen molar-refractivity contribution < 1.29 is 9.90 Å². The van der Waals surface area contributed by atoms with E-state index in [1.165, 1.54) is 5.56 Å². The van der Waals surface area contributed by atoms with E-state index >= 15 is 0 Å². The third-order valence-corrected chi connectivity index (χ3v) is 5.12. The van der Waals surface area contributed by atoms with Gasteiger partial charge in [0.1, 0.15) is 0 Å². The van der Waals surface area contributed by atoms with Gasteiger partial charge in [-0.25, -0.2) is 0 Å². The maximum atomic E-state index is 13.0. The Hall–Kier alpha value is -3.77. The summed E-state index contributed by atoms with van der Waals surface area (Å²) in [5.74, 6) is -0.253. The first-order valence-electron chi connectivity index (χ1n) is 10.2. The first-order valence-corrected chi connectivity index (χ1v) is 10.2. The zero-order valence-corrected chi connectivity index (χ0v) is 17.2. The Balaban J connectivity index is 1.55. The van der Waals surface area contributed by atoms with Crippen LogP contribution in [0.15, 0.2) is 79.0 Å². The Kier molecular flexibility index (Phi) is 6.19. The molecule has 0 spiro atoms. The van der Waals surface area contributed by atoms with Crippen LogP contribution < -0.4 is 5.32 Å². The van der Waals surface area contributed by atoms with Crippen molar-refractivity contribution in [2.24, 2.45) is 0 Å². The SMILES string of the molecule is Cc1ccc(-c2cc(-c3ccccc3C(=O)N[C@@H](CO)Cc3ccccn3)[nH]n2)cc1. The predicted molar refractivity (Wildman–Crippen MR) is 120 cm³/mol. The maximum Gasteiger partial charge on any atom is 0.252 e. The van der Waals surface area contributed by atoms with Gasteiger partial charge in [0.05, 0.1) is 24.0 Å². The van der Waals surface area contributed by atoms with Crippen molar-refractivity contribution in [3.05, 3.63) is 95.8 Å². The highest BCUT2D eigenvalue weighted by Gasteiger charge is 2.18. The molecular formula is C25H24N4O2. The second-order valence-corrected chi connectivity index (χ2v) is 7.46. The molecule has 0 radical (unpaired) electrons. The molecule has 6 heteroatoms. The fraction of sp³-hybridized carbons (Fsp3) is 0.160. The largest absolute Gasteiger partial charge is 0.394 e. The van der Waals surface area contributed by atoms with Gasteiger partial charge < -0.3 is 10.4 Å². The lowest BCUT2D eigenvalue weighted by Gasteiger charge is -2.17. The lowest BCUT2D eigenvalue weighted by molar-refractivity contribution is 0.0917. The average Bonchev–Trinajstić information content (AvgIpc) is 3.30. The highest BCUT2D eigenvalue weighted by atomic mass is 16.3. The van der Waals surface area contributed by atoms with Crippen molar-refractivity contribution >= 4 is 5.91 Å². The highest BCUT2D eigenvalue weighted by Crippen LogP contribution is 2.26. The van der Waals surface area contributed by atoms with Gasteiger partial charge in [-0.15, -0.1) is 0 Å². The van der Waals surface area contributed by atoms with Gasteiger partial charge in [-0.05, 0) is 31.2 Å². The zero-order chi connectivity index (χ0) is 21.6. The lowest BCUT2D eigenvalue weighted by atomic mass is 10.0. The average molecular weight is 412 g/mol. The molecular weight excluding hydrogens is 388 g/mol. The number of aromatic amines is 1. The second kappa shape index (κ2) is 9.36. The van der Waals surface area contributed by atoms with E-state index in [0.29, 0.717) is 12.0 Å². The maximum absolute atomic E-state index is 13.0. The van der Waals surface area contributed by atoms with Crippen LogP contribution in [-0.4, -0.2) is 38.8 Å². The molecule has 4 aromatic rings. The summed E-state index contributed by atoms with van der Waals surface area (Å²) in [6, 6.07) is 22.6. The zero-order valence-electron chi connectivity index (χ0n) is 17.2. The van der Waals surface area contributed by atoms with Crippen molar-refractivity contribution in [1.29, 1.82) is 0 Å². The van der Waals surface area contributed by atoms with Gasteiger partial charge >= 0.3 is 0 Å². The van der Waals surface area contributed by atoms with Crippen LogP contribution in [-0.2, 0) is 6.42 Å². The van der Waals surface area contributed by atoms with Crippen molar-refractivity contribution in [2.75, 3.05) is 6.61 Å². The standard InChI is InChI=1S/C25H24N4O2/c1-17-9-11-18(12-10-17)23-15-24(29-28-23)21-7-2-3-8-22(21)25(31)27-20(16-30)14-19-6-4-5-13-26-19/h2-13,15,20,30H,14,16H2,1H3,(H,27,31)(H,28,29)/t20-/m1/s1. The fourth-order valence-corrected chi connectivity index (χ4v) is 3.44. The van der Waals surface area contributed by atoms with Gasteiger partial charge in [0.25, 0.3) is 5.91 Å². The van der Waals surface area contributed by atoms with Crippen LogP contribution >= 0.6 is 0 Å². The van der Waals surface area contributed by atoms with Crippen LogP contribution in [0.5, 0.6) is 0 Å². The van der Waals surface area contributed by atoms with Crippen LogP contribution in [0.3, 0.4) is 0 Å². The van der Waals surface area contributed by atoms with E-state index in [4.69, 9.17) is 0 Å². The third kappa shape index (κ3) is 4.87. The van der Waals surface area contributed by atoms with Gasteiger partial charge in [0.15, 0.2) is 0 Å². The molecule has 31 heavy (non-hydrogen) atoms. The molecule has 1 amide bonds. The Morgan fingerprint density at radius 1 is 1.06 bits per heavy atom. The number of amides is 1. The smallest absolute Gasteiger partial charge is 0.252 e. The number of carbonyl (C=O) groups is 1. The fourth-order valence-electron chi connectivity index (χ4n) is 3.44. The van der Waals surface area contributed by atoms with E-state index in [1.807, 2.05) is 73.7 Å². The summed E-state index contributed by atoms with van der Waals surface area (Å²) in [6.07, 6.45) is 2.15. The summed E-state index contributed by atoms with van der Waals surface area (Å²) < 4.78 is 0. The Labute approximate surface area is 181 Å². The van der Waals surface area contributed by atoms with E-state index in [-0.39, 0.29) is 12.5 Å². The van der Waals surface area contributed by atoms with Gasteiger partial charge in [0, 0.05) is 35.0 Å². The summed E-state index contributed by atoms with van der Waals surface area (Å²) in [4.78, 5) is 17.3. The molecule has 2 aromatic carbocycles. The molecule has 4 rings (SSSR count). The number of rotatable bonds is 7. The van der Waals surface area contributed by atoms with Crippen LogP contribution in [0.25, 0.3) is 22.5 Å². The number of aliphatic hydroxyl groups excluding tert-OH is 1. The number of H-pyrrole nitrogens is 1. The molecule has 156 valence electrons. The van der Waals surface area contributed by atoms with Crippen LogP contribution in [0.4, 0.5) is 0 Å². The molecule has 2 heterocycles. The molecule has 6 nitrogen and oxygen atoms in total. The van der Waals surface area contributed by atoms with E-state index in [2.05, 4.69) is 20.5 Å². The van der Waals surface area contributed by atoms with Crippen molar-refractivity contribution in [3.63, 3.8) is 0 Å².